The van der Waals surface area contributed by atoms with Crippen molar-refractivity contribution in [3.05, 3.63) is 28.8 Å². The Hall–Kier alpha value is -0.730. The molecule has 0 spiro atoms. The van der Waals surface area contributed by atoms with E-state index >= 15 is 0 Å². The van der Waals surface area contributed by atoms with Gasteiger partial charge >= 0.3 is 0 Å². The summed E-state index contributed by atoms with van der Waals surface area (Å²) in [5, 5.41) is 0.796. The van der Waals surface area contributed by atoms with Crippen LogP contribution in [0.3, 0.4) is 0 Å². The lowest BCUT2D eigenvalue weighted by molar-refractivity contribution is 0.623. The van der Waals surface area contributed by atoms with Gasteiger partial charge in [0, 0.05) is 23.3 Å². The summed E-state index contributed by atoms with van der Waals surface area (Å²) in [6, 6.07) is 6.67. The number of unbranched alkanes of at least 4 members (excludes halogenated alkanes) is 2. The number of nitrogens with zero attached hydrogens (tertiary/aromatic N) is 1. The van der Waals surface area contributed by atoms with Crippen LogP contribution in [0.5, 0.6) is 0 Å². The van der Waals surface area contributed by atoms with E-state index < -0.39 is 0 Å². The van der Waals surface area contributed by atoms with Crippen LogP contribution in [0.4, 0.5) is 5.69 Å². The molecule has 2 N–H and O–H groups in total. The molecule has 0 aromatic heterocycles. The van der Waals surface area contributed by atoms with Crippen molar-refractivity contribution in [1.82, 2.24) is 0 Å². The third kappa shape index (κ3) is 5.04. The molecule has 0 radical (unpaired) electrons. The highest BCUT2D eigenvalue weighted by molar-refractivity contribution is 6.30. The van der Waals surface area contributed by atoms with E-state index in [1.54, 1.807) is 0 Å². The quantitative estimate of drug-likeness (QED) is 0.723. The van der Waals surface area contributed by atoms with Gasteiger partial charge in [-0.05, 0) is 57.0 Å². The van der Waals surface area contributed by atoms with Gasteiger partial charge in [0.15, 0.2) is 0 Å². The van der Waals surface area contributed by atoms with Crippen LogP contribution in [0.1, 0.15) is 45.6 Å². The van der Waals surface area contributed by atoms with E-state index in [1.807, 2.05) is 6.07 Å². The van der Waals surface area contributed by atoms with Gasteiger partial charge in [0.1, 0.15) is 0 Å². The molecule has 2 nitrogen and oxygen atoms in total. The van der Waals surface area contributed by atoms with Gasteiger partial charge in [0.05, 0.1) is 0 Å². The highest BCUT2D eigenvalue weighted by atomic mass is 35.5. The first kappa shape index (κ1) is 16.3. The number of halogens is 1. The number of nitrogens with two attached hydrogens (primary N) is 1. The molecule has 0 amide bonds. The molecule has 0 atom stereocenters. The van der Waals surface area contributed by atoms with Gasteiger partial charge < -0.3 is 10.6 Å². The minimum Gasteiger partial charge on any atom is -0.369 e. The van der Waals surface area contributed by atoms with Gasteiger partial charge in [-0.2, -0.15) is 0 Å². The molecule has 0 fully saturated rings. The first-order valence-electron chi connectivity index (χ1n) is 7.35. The minimum absolute atomic E-state index is 0.495. The average Bonchev–Trinajstić information content (AvgIpc) is 2.36. The van der Waals surface area contributed by atoms with E-state index in [0.29, 0.717) is 12.6 Å². The third-order valence-corrected chi connectivity index (χ3v) is 3.63. The highest BCUT2D eigenvalue weighted by Gasteiger charge is 2.14. The number of hydrogen-bond donors (Lipinski definition) is 1. The van der Waals surface area contributed by atoms with Crippen LogP contribution in [0.2, 0.25) is 5.02 Å². The standard InChI is InChI=1S/C16H27ClN2/c1-4-5-6-11-19(13(2)3)16-8-7-15(17)12-14(16)9-10-18/h7-8,12-13H,4-6,9-11,18H2,1-3H3. The highest BCUT2D eigenvalue weighted by Crippen LogP contribution is 2.26. The van der Waals surface area contributed by atoms with Crippen LogP contribution in [0, 0.1) is 0 Å². The Bertz CT molecular complexity index is 377. The first-order valence-corrected chi connectivity index (χ1v) is 7.73. The van der Waals surface area contributed by atoms with Crippen LogP contribution >= 0.6 is 11.6 Å². The lowest BCUT2D eigenvalue weighted by atomic mass is 10.1. The summed E-state index contributed by atoms with van der Waals surface area (Å²) >= 11 is 6.10. The molecule has 0 saturated heterocycles. The Morgan fingerprint density at radius 3 is 2.58 bits per heavy atom. The van der Waals surface area contributed by atoms with Crippen molar-refractivity contribution in [3.63, 3.8) is 0 Å². The molecule has 0 aliphatic rings. The molecule has 0 bridgehead atoms. The summed E-state index contributed by atoms with van der Waals surface area (Å²) in [5.74, 6) is 0. The monoisotopic (exact) mass is 282 g/mol. The fourth-order valence-corrected chi connectivity index (χ4v) is 2.57. The van der Waals surface area contributed by atoms with E-state index in [1.165, 1.54) is 30.5 Å². The van der Waals surface area contributed by atoms with Crippen molar-refractivity contribution >= 4 is 17.3 Å². The zero-order valence-corrected chi connectivity index (χ0v) is 13.2. The normalized spacial score (nSPS) is 11.1. The second-order valence-corrected chi connectivity index (χ2v) is 5.74. The lowest BCUT2D eigenvalue weighted by Crippen LogP contribution is -2.32. The first-order chi connectivity index (χ1) is 9.10. The van der Waals surface area contributed by atoms with Crippen molar-refractivity contribution in [2.45, 2.75) is 52.5 Å². The van der Waals surface area contributed by atoms with Crippen molar-refractivity contribution < 1.29 is 0 Å². The van der Waals surface area contributed by atoms with Gasteiger partial charge in [0.2, 0.25) is 0 Å². The van der Waals surface area contributed by atoms with E-state index in [-0.39, 0.29) is 0 Å². The second-order valence-electron chi connectivity index (χ2n) is 5.31. The Morgan fingerprint density at radius 2 is 2.00 bits per heavy atom. The smallest absolute Gasteiger partial charge is 0.0410 e. The predicted octanol–water partition coefficient (Wildman–Crippen LogP) is 4.25. The topological polar surface area (TPSA) is 29.3 Å². The molecule has 0 heterocycles. The number of anilines is 1. The van der Waals surface area contributed by atoms with Gasteiger partial charge in [-0.1, -0.05) is 31.4 Å². The molecule has 1 aromatic carbocycles. The SMILES string of the molecule is CCCCCN(c1ccc(Cl)cc1CCN)C(C)C. The third-order valence-electron chi connectivity index (χ3n) is 3.39. The van der Waals surface area contributed by atoms with Gasteiger partial charge in [-0.15, -0.1) is 0 Å². The van der Waals surface area contributed by atoms with Crippen molar-refractivity contribution in [2.75, 3.05) is 18.0 Å². The molecule has 0 aliphatic carbocycles. The Labute approximate surface area is 122 Å². The summed E-state index contributed by atoms with van der Waals surface area (Å²) in [7, 11) is 0. The number of rotatable bonds is 8. The largest absolute Gasteiger partial charge is 0.369 e. The summed E-state index contributed by atoms with van der Waals surface area (Å²) in [6.07, 6.45) is 4.65. The molecule has 108 valence electrons. The Kier molecular flexibility index (Phi) is 7.25. The summed E-state index contributed by atoms with van der Waals surface area (Å²) in [6.45, 7) is 8.49. The molecule has 1 aromatic rings. The molecule has 1 rings (SSSR count). The molecule has 0 unspecified atom stereocenters. The molecule has 3 heteroatoms. The lowest BCUT2D eigenvalue weighted by Gasteiger charge is -2.31. The van der Waals surface area contributed by atoms with Crippen LogP contribution in [-0.2, 0) is 6.42 Å². The fourth-order valence-electron chi connectivity index (χ4n) is 2.38. The van der Waals surface area contributed by atoms with Crippen LogP contribution < -0.4 is 10.6 Å². The maximum Gasteiger partial charge on any atom is 0.0410 e. The van der Waals surface area contributed by atoms with E-state index in [0.717, 1.165) is 18.0 Å². The van der Waals surface area contributed by atoms with E-state index in [9.17, 15) is 0 Å². The number of benzene rings is 1. The molecular weight excluding hydrogens is 256 g/mol. The van der Waals surface area contributed by atoms with E-state index in [4.69, 9.17) is 17.3 Å². The summed E-state index contributed by atoms with van der Waals surface area (Å²) in [5.41, 5.74) is 8.27. The summed E-state index contributed by atoms with van der Waals surface area (Å²) in [4.78, 5) is 2.47. The maximum absolute atomic E-state index is 6.10. The van der Waals surface area contributed by atoms with Crippen LogP contribution in [-0.4, -0.2) is 19.1 Å². The Balaban J connectivity index is 2.93. The average molecular weight is 283 g/mol. The predicted molar refractivity (Wildman–Crippen MR) is 86.2 cm³/mol. The van der Waals surface area contributed by atoms with Crippen LogP contribution in [0.25, 0.3) is 0 Å². The number of hydrogen-bond acceptors (Lipinski definition) is 2. The summed E-state index contributed by atoms with van der Waals surface area (Å²) < 4.78 is 0. The fraction of sp³-hybridized carbons (Fsp3) is 0.625. The zero-order chi connectivity index (χ0) is 14.3. The minimum atomic E-state index is 0.495. The second kappa shape index (κ2) is 8.44. The Morgan fingerprint density at radius 1 is 1.26 bits per heavy atom. The molecule has 19 heavy (non-hydrogen) atoms. The zero-order valence-electron chi connectivity index (χ0n) is 12.5. The van der Waals surface area contributed by atoms with E-state index in [2.05, 4.69) is 37.8 Å². The van der Waals surface area contributed by atoms with Crippen molar-refractivity contribution in [2.24, 2.45) is 5.73 Å². The van der Waals surface area contributed by atoms with Crippen molar-refractivity contribution in [1.29, 1.82) is 0 Å². The van der Waals surface area contributed by atoms with Gasteiger partial charge in [-0.3, -0.25) is 0 Å². The van der Waals surface area contributed by atoms with Crippen LogP contribution in [0.15, 0.2) is 18.2 Å². The van der Waals surface area contributed by atoms with Gasteiger partial charge in [0.25, 0.3) is 0 Å². The van der Waals surface area contributed by atoms with Gasteiger partial charge in [-0.25, -0.2) is 0 Å². The maximum atomic E-state index is 6.10. The molecule has 0 aliphatic heterocycles. The van der Waals surface area contributed by atoms with Crippen molar-refractivity contribution in [3.8, 4) is 0 Å². The molecule has 0 saturated carbocycles. The molecular formula is C16H27ClN2.